The largest absolute Gasteiger partial charge is 0.490 e. The quantitative estimate of drug-likeness (QED) is 0.584. The van der Waals surface area contributed by atoms with E-state index >= 15 is 0 Å². The first-order valence-corrected chi connectivity index (χ1v) is 4.50. The molecule has 0 aliphatic carbocycles. The summed E-state index contributed by atoms with van der Waals surface area (Å²) in [4.78, 5) is 20.6. The Labute approximate surface area is 96.8 Å². The summed E-state index contributed by atoms with van der Waals surface area (Å²) >= 11 is 0. The molecule has 0 fully saturated rings. The Morgan fingerprint density at radius 3 is 1.78 bits per heavy atom. The molecule has 0 saturated carbocycles. The van der Waals surface area contributed by atoms with Crippen molar-refractivity contribution in [2.75, 3.05) is 6.61 Å². The summed E-state index contributed by atoms with van der Waals surface area (Å²) in [7, 11) is 0. The van der Waals surface area contributed by atoms with E-state index in [-0.39, 0.29) is 6.42 Å². The van der Waals surface area contributed by atoms with Crippen molar-refractivity contribution >= 4 is 11.9 Å². The van der Waals surface area contributed by atoms with Crippen LogP contribution >= 0.6 is 0 Å². The molecule has 0 radical (unpaired) electrons. The summed E-state index contributed by atoms with van der Waals surface area (Å²) in [6.45, 7) is 0.145. The minimum atomic E-state index is -5.26. The van der Waals surface area contributed by atoms with Crippen LogP contribution in [0.4, 0.5) is 26.3 Å². The molecule has 1 unspecified atom stereocenters. The standard InChI is InChI=1S/C8H8F6O4/c1-2-4(18-6(16)8(12,13)14)3-17-5(15)7(9,10)11/h4H,2-3H2,1H3. The predicted molar refractivity (Wildman–Crippen MR) is 43.2 cm³/mol. The molecular weight excluding hydrogens is 274 g/mol. The molecule has 0 N–H and O–H groups in total. The second-order valence-electron chi connectivity index (χ2n) is 3.03. The first-order chi connectivity index (χ1) is 7.98. The second kappa shape index (κ2) is 5.91. The highest BCUT2D eigenvalue weighted by molar-refractivity contribution is 5.76. The normalized spacial score (nSPS) is 13.9. The van der Waals surface area contributed by atoms with Gasteiger partial charge < -0.3 is 9.47 Å². The molecule has 18 heavy (non-hydrogen) atoms. The van der Waals surface area contributed by atoms with Crippen LogP contribution in [-0.2, 0) is 19.1 Å². The number of hydrogen-bond acceptors (Lipinski definition) is 4. The molecule has 0 rings (SSSR count). The molecule has 0 aliphatic heterocycles. The number of rotatable bonds is 4. The number of carbonyl (C=O) groups is 2. The Morgan fingerprint density at radius 1 is 1.00 bits per heavy atom. The molecule has 0 saturated heterocycles. The molecule has 0 amide bonds. The maximum Gasteiger partial charge on any atom is 0.490 e. The van der Waals surface area contributed by atoms with Gasteiger partial charge in [0.1, 0.15) is 12.7 Å². The topological polar surface area (TPSA) is 52.6 Å². The zero-order valence-electron chi connectivity index (χ0n) is 8.89. The maximum absolute atomic E-state index is 11.8. The summed E-state index contributed by atoms with van der Waals surface area (Å²) in [5.41, 5.74) is 0. The monoisotopic (exact) mass is 282 g/mol. The van der Waals surface area contributed by atoms with Gasteiger partial charge in [-0.1, -0.05) is 6.92 Å². The lowest BCUT2D eigenvalue weighted by molar-refractivity contribution is -0.213. The van der Waals surface area contributed by atoms with Gasteiger partial charge in [0.05, 0.1) is 0 Å². The van der Waals surface area contributed by atoms with E-state index in [1.807, 2.05) is 0 Å². The summed E-state index contributed by atoms with van der Waals surface area (Å²) < 4.78 is 77.9. The number of carbonyl (C=O) groups excluding carboxylic acids is 2. The van der Waals surface area contributed by atoms with Crippen molar-refractivity contribution in [2.45, 2.75) is 31.8 Å². The highest BCUT2D eigenvalue weighted by Crippen LogP contribution is 2.20. The van der Waals surface area contributed by atoms with Gasteiger partial charge >= 0.3 is 24.3 Å². The van der Waals surface area contributed by atoms with Crippen LogP contribution in [0.3, 0.4) is 0 Å². The molecule has 0 aromatic heterocycles. The van der Waals surface area contributed by atoms with E-state index < -0.39 is 37.0 Å². The molecule has 0 aromatic carbocycles. The lowest BCUT2D eigenvalue weighted by Crippen LogP contribution is -2.34. The van der Waals surface area contributed by atoms with Crippen molar-refractivity contribution in [3.8, 4) is 0 Å². The zero-order valence-corrected chi connectivity index (χ0v) is 8.89. The molecule has 106 valence electrons. The third-order valence-electron chi connectivity index (χ3n) is 1.59. The second-order valence-corrected chi connectivity index (χ2v) is 3.03. The summed E-state index contributed by atoms with van der Waals surface area (Å²) in [5, 5.41) is 0. The Balaban J connectivity index is 4.30. The van der Waals surface area contributed by atoms with E-state index in [0.717, 1.165) is 0 Å². The number of hydrogen-bond donors (Lipinski definition) is 0. The van der Waals surface area contributed by atoms with Gasteiger partial charge in [0.25, 0.3) is 0 Å². The van der Waals surface area contributed by atoms with Crippen molar-refractivity contribution in [1.82, 2.24) is 0 Å². The molecule has 0 spiro atoms. The zero-order chi connectivity index (χ0) is 14.6. The van der Waals surface area contributed by atoms with E-state index in [1.165, 1.54) is 6.92 Å². The summed E-state index contributed by atoms with van der Waals surface area (Å²) in [6.07, 6.45) is -12.4. The third kappa shape index (κ3) is 5.73. The van der Waals surface area contributed by atoms with Gasteiger partial charge in [-0.05, 0) is 6.42 Å². The van der Waals surface area contributed by atoms with Crippen LogP contribution in [0.2, 0.25) is 0 Å². The van der Waals surface area contributed by atoms with Gasteiger partial charge in [0.2, 0.25) is 0 Å². The van der Waals surface area contributed by atoms with Crippen molar-refractivity contribution < 1.29 is 45.4 Å². The van der Waals surface area contributed by atoms with Gasteiger partial charge in [-0.2, -0.15) is 26.3 Å². The molecule has 0 aromatic rings. The van der Waals surface area contributed by atoms with Gasteiger partial charge in [-0.3, -0.25) is 0 Å². The van der Waals surface area contributed by atoms with E-state index in [2.05, 4.69) is 9.47 Å². The number of halogens is 6. The molecule has 0 bridgehead atoms. The van der Waals surface area contributed by atoms with Crippen LogP contribution in [0.15, 0.2) is 0 Å². The SMILES string of the molecule is CCC(COC(=O)C(F)(F)F)OC(=O)C(F)(F)F. The van der Waals surface area contributed by atoms with Crippen LogP contribution < -0.4 is 0 Å². The first-order valence-electron chi connectivity index (χ1n) is 4.50. The Bertz CT molecular complexity index is 308. The van der Waals surface area contributed by atoms with Crippen LogP contribution in [0, 0.1) is 0 Å². The highest BCUT2D eigenvalue weighted by Gasteiger charge is 2.43. The molecule has 0 aliphatic rings. The van der Waals surface area contributed by atoms with E-state index in [1.54, 1.807) is 0 Å². The highest BCUT2D eigenvalue weighted by atomic mass is 19.4. The minimum Gasteiger partial charge on any atom is -0.455 e. The smallest absolute Gasteiger partial charge is 0.455 e. The molecular formula is C8H8F6O4. The van der Waals surface area contributed by atoms with E-state index in [0.29, 0.717) is 0 Å². The number of esters is 2. The van der Waals surface area contributed by atoms with E-state index in [4.69, 9.17) is 0 Å². The van der Waals surface area contributed by atoms with Crippen LogP contribution in [-0.4, -0.2) is 37.0 Å². The van der Waals surface area contributed by atoms with Crippen LogP contribution in [0.5, 0.6) is 0 Å². The maximum atomic E-state index is 11.8. The average Bonchev–Trinajstić information content (AvgIpc) is 2.20. The lowest BCUT2D eigenvalue weighted by atomic mass is 10.3. The Kier molecular flexibility index (Phi) is 5.43. The summed E-state index contributed by atoms with van der Waals surface area (Å²) in [6, 6.07) is 0. The predicted octanol–water partition coefficient (Wildman–Crippen LogP) is 1.98. The molecule has 10 heteroatoms. The average molecular weight is 282 g/mol. The van der Waals surface area contributed by atoms with Crippen molar-refractivity contribution in [1.29, 1.82) is 0 Å². The minimum absolute atomic E-state index is 0.243. The molecule has 4 nitrogen and oxygen atoms in total. The van der Waals surface area contributed by atoms with Crippen molar-refractivity contribution in [3.63, 3.8) is 0 Å². The fourth-order valence-corrected chi connectivity index (χ4v) is 0.704. The Hall–Kier alpha value is -1.48. The number of alkyl halides is 6. The molecule has 0 heterocycles. The fraction of sp³-hybridized carbons (Fsp3) is 0.750. The van der Waals surface area contributed by atoms with Gasteiger partial charge in [-0.25, -0.2) is 9.59 Å². The third-order valence-corrected chi connectivity index (χ3v) is 1.59. The Morgan fingerprint density at radius 2 is 1.44 bits per heavy atom. The summed E-state index contributed by atoms with van der Waals surface area (Å²) in [5.74, 6) is -5.12. The fourth-order valence-electron chi connectivity index (χ4n) is 0.704. The number of ether oxygens (including phenoxy) is 2. The van der Waals surface area contributed by atoms with Crippen LogP contribution in [0.1, 0.15) is 13.3 Å². The van der Waals surface area contributed by atoms with E-state index in [9.17, 15) is 35.9 Å². The van der Waals surface area contributed by atoms with Gasteiger partial charge in [-0.15, -0.1) is 0 Å². The van der Waals surface area contributed by atoms with Gasteiger partial charge in [0, 0.05) is 0 Å². The van der Waals surface area contributed by atoms with Crippen LogP contribution in [0.25, 0.3) is 0 Å². The van der Waals surface area contributed by atoms with Crippen molar-refractivity contribution in [2.24, 2.45) is 0 Å². The van der Waals surface area contributed by atoms with Crippen molar-refractivity contribution in [3.05, 3.63) is 0 Å². The lowest BCUT2D eigenvalue weighted by Gasteiger charge is -2.17. The first kappa shape index (κ1) is 16.5. The van der Waals surface area contributed by atoms with Gasteiger partial charge in [0.15, 0.2) is 0 Å². The molecule has 1 atom stereocenters.